The predicted molar refractivity (Wildman–Crippen MR) is 153 cm³/mol. The van der Waals surface area contributed by atoms with E-state index in [1.807, 2.05) is 101 Å². The van der Waals surface area contributed by atoms with Crippen LogP contribution in [0.3, 0.4) is 0 Å². The van der Waals surface area contributed by atoms with Crippen LogP contribution in [0.1, 0.15) is 34.4 Å². The number of anilines is 1. The third-order valence-electron chi connectivity index (χ3n) is 7.20. The third kappa shape index (κ3) is 5.10. The van der Waals surface area contributed by atoms with Crippen LogP contribution in [-0.4, -0.2) is 20.9 Å². The lowest BCUT2D eigenvalue weighted by atomic mass is 9.75. The monoisotopic (exact) mass is 508 g/mol. The second kappa shape index (κ2) is 10.8. The SMILES string of the molecule is O=C1N(Cc2ccccc2)c2ccccc2[C@]1(CC#Cc1ccccc1)Cc1cn(Cc2ccccc2)nn1. The standard InChI is InChI=1S/C34H28N4O/c39-33-34(22-12-19-27-13-4-1-5-14-27,23-30-26-37(36-35-30)24-28-15-6-2-7-16-28)31-20-10-11-21-32(31)38(33)25-29-17-8-3-9-18-29/h1-11,13-18,20-21,26H,22-25H2/t34-/m0/s1. The molecular formula is C34H28N4O. The fraction of sp³-hybridized carbons (Fsp3) is 0.147. The quantitative estimate of drug-likeness (QED) is 0.261. The fourth-order valence-electron chi connectivity index (χ4n) is 5.32. The molecule has 6 rings (SSSR count). The zero-order chi connectivity index (χ0) is 26.5. The summed E-state index contributed by atoms with van der Waals surface area (Å²) in [6.45, 7) is 1.13. The van der Waals surface area contributed by atoms with Gasteiger partial charge in [-0.15, -0.1) is 5.10 Å². The van der Waals surface area contributed by atoms with E-state index in [9.17, 15) is 4.79 Å². The van der Waals surface area contributed by atoms with E-state index in [4.69, 9.17) is 0 Å². The average molecular weight is 509 g/mol. The normalized spacial score (nSPS) is 16.0. The molecule has 0 radical (unpaired) electrons. The Hall–Kier alpha value is -4.95. The Morgan fingerprint density at radius 3 is 2.05 bits per heavy atom. The molecule has 5 heteroatoms. The zero-order valence-corrected chi connectivity index (χ0v) is 21.6. The summed E-state index contributed by atoms with van der Waals surface area (Å²) in [5.41, 5.74) is 5.00. The molecule has 4 aromatic carbocycles. The van der Waals surface area contributed by atoms with Crippen LogP contribution in [0, 0.1) is 11.8 Å². The van der Waals surface area contributed by atoms with Crippen LogP contribution in [-0.2, 0) is 29.7 Å². The van der Waals surface area contributed by atoms with Gasteiger partial charge < -0.3 is 4.90 Å². The van der Waals surface area contributed by atoms with E-state index < -0.39 is 5.41 Å². The minimum Gasteiger partial charge on any atom is -0.307 e. The number of hydrogen-bond donors (Lipinski definition) is 0. The summed E-state index contributed by atoms with van der Waals surface area (Å²) in [6, 6.07) is 38.3. The molecule has 0 fully saturated rings. The van der Waals surface area contributed by atoms with Crippen LogP contribution < -0.4 is 4.90 Å². The highest BCUT2D eigenvalue weighted by Gasteiger charge is 2.50. The molecule has 0 saturated heterocycles. The van der Waals surface area contributed by atoms with Gasteiger partial charge in [0.1, 0.15) is 0 Å². The molecule has 5 aromatic rings. The van der Waals surface area contributed by atoms with Gasteiger partial charge in [-0.2, -0.15) is 0 Å². The molecule has 0 aliphatic carbocycles. The molecule has 1 aliphatic heterocycles. The number of carbonyl (C=O) groups excluding carboxylic acids is 1. The zero-order valence-electron chi connectivity index (χ0n) is 21.6. The van der Waals surface area contributed by atoms with Gasteiger partial charge in [-0.3, -0.25) is 4.79 Å². The molecule has 1 aromatic heterocycles. The number of rotatable bonds is 7. The highest BCUT2D eigenvalue weighted by Crippen LogP contribution is 2.46. The first-order chi connectivity index (χ1) is 19.2. The largest absolute Gasteiger partial charge is 0.307 e. The van der Waals surface area contributed by atoms with Gasteiger partial charge in [-0.1, -0.05) is 114 Å². The Balaban J connectivity index is 1.37. The van der Waals surface area contributed by atoms with Crippen molar-refractivity contribution in [3.8, 4) is 11.8 Å². The van der Waals surface area contributed by atoms with E-state index in [1.165, 1.54) is 0 Å². The number of carbonyl (C=O) groups is 1. The lowest BCUT2D eigenvalue weighted by molar-refractivity contribution is -0.123. The van der Waals surface area contributed by atoms with E-state index in [-0.39, 0.29) is 5.91 Å². The van der Waals surface area contributed by atoms with Crippen molar-refractivity contribution >= 4 is 11.6 Å². The van der Waals surface area contributed by atoms with Crippen molar-refractivity contribution in [2.75, 3.05) is 4.90 Å². The predicted octanol–water partition coefficient (Wildman–Crippen LogP) is 5.80. The van der Waals surface area contributed by atoms with Gasteiger partial charge in [-0.05, 0) is 34.9 Å². The first-order valence-corrected chi connectivity index (χ1v) is 13.1. The van der Waals surface area contributed by atoms with E-state index in [1.54, 1.807) is 0 Å². The summed E-state index contributed by atoms with van der Waals surface area (Å²) < 4.78 is 1.83. The van der Waals surface area contributed by atoms with Crippen LogP contribution >= 0.6 is 0 Å². The van der Waals surface area contributed by atoms with E-state index >= 15 is 0 Å². The Morgan fingerprint density at radius 1 is 0.718 bits per heavy atom. The molecule has 0 unspecified atom stereocenters. The van der Waals surface area contributed by atoms with Crippen LogP contribution in [0.25, 0.3) is 0 Å². The van der Waals surface area contributed by atoms with E-state index in [2.05, 4.69) is 52.5 Å². The summed E-state index contributed by atoms with van der Waals surface area (Å²) >= 11 is 0. The van der Waals surface area contributed by atoms with E-state index in [0.717, 1.165) is 33.6 Å². The van der Waals surface area contributed by atoms with Crippen LogP contribution in [0.2, 0.25) is 0 Å². The molecule has 0 bridgehead atoms. The van der Waals surface area contributed by atoms with Crippen molar-refractivity contribution in [2.45, 2.75) is 31.3 Å². The van der Waals surface area contributed by atoms with Gasteiger partial charge in [0.2, 0.25) is 5.91 Å². The summed E-state index contributed by atoms with van der Waals surface area (Å²) in [4.78, 5) is 16.3. The van der Waals surface area contributed by atoms with Gasteiger partial charge in [0.05, 0.1) is 24.2 Å². The molecule has 5 nitrogen and oxygen atoms in total. The first kappa shape index (κ1) is 24.4. The van der Waals surface area contributed by atoms with Crippen molar-refractivity contribution in [1.29, 1.82) is 0 Å². The number of fused-ring (bicyclic) bond motifs is 1. The smallest absolute Gasteiger partial charge is 0.239 e. The topological polar surface area (TPSA) is 51.0 Å². The molecule has 1 atom stereocenters. The number of amides is 1. The van der Waals surface area contributed by atoms with Crippen LogP contribution in [0.5, 0.6) is 0 Å². The minimum absolute atomic E-state index is 0.0486. The summed E-state index contributed by atoms with van der Waals surface area (Å²) in [5, 5.41) is 8.88. The molecule has 1 aliphatic rings. The van der Waals surface area contributed by atoms with Gasteiger partial charge in [0.15, 0.2) is 0 Å². The maximum absolute atomic E-state index is 14.4. The van der Waals surface area contributed by atoms with Crippen molar-refractivity contribution in [1.82, 2.24) is 15.0 Å². The van der Waals surface area contributed by atoms with Gasteiger partial charge in [0.25, 0.3) is 0 Å². The summed E-state index contributed by atoms with van der Waals surface area (Å²) in [6.07, 6.45) is 2.76. The molecular weight excluding hydrogens is 480 g/mol. The fourth-order valence-corrected chi connectivity index (χ4v) is 5.32. The van der Waals surface area contributed by atoms with Crippen molar-refractivity contribution < 1.29 is 4.79 Å². The average Bonchev–Trinajstić information content (AvgIpc) is 3.51. The maximum atomic E-state index is 14.4. The minimum atomic E-state index is -0.860. The van der Waals surface area contributed by atoms with Crippen molar-refractivity contribution in [3.05, 3.63) is 149 Å². The Kier molecular flexibility index (Phi) is 6.76. The van der Waals surface area contributed by atoms with Crippen LogP contribution in [0.15, 0.2) is 121 Å². The first-order valence-electron chi connectivity index (χ1n) is 13.1. The Bertz CT molecular complexity index is 1630. The Morgan fingerprint density at radius 2 is 1.33 bits per heavy atom. The summed E-state index contributed by atoms with van der Waals surface area (Å²) in [5.74, 6) is 6.68. The highest BCUT2D eigenvalue weighted by atomic mass is 16.2. The van der Waals surface area contributed by atoms with Crippen LogP contribution in [0.4, 0.5) is 5.69 Å². The molecule has 190 valence electrons. The van der Waals surface area contributed by atoms with Gasteiger partial charge in [0, 0.05) is 30.3 Å². The molecule has 39 heavy (non-hydrogen) atoms. The number of nitrogens with zero attached hydrogens (tertiary/aromatic N) is 4. The maximum Gasteiger partial charge on any atom is 0.239 e. The van der Waals surface area contributed by atoms with Gasteiger partial charge in [-0.25, -0.2) is 4.68 Å². The lowest BCUT2D eigenvalue weighted by Gasteiger charge is -2.26. The summed E-state index contributed by atoms with van der Waals surface area (Å²) in [7, 11) is 0. The molecule has 0 saturated carbocycles. The second-order valence-electron chi connectivity index (χ2n) is 9.89. The molecule has 0 N–H and O–H groups in total. The van der Waals surface area contributed by atoms with E-state index in [0.29, 0.717) is 25.9 Å². The number of para-hydroxylation sites is 1. The number of hydrogen-bond acceptors (Lipinski definition) is 3. The molecule has 0 spiro atoms. The third-order valence-corrected chi connectivity index (χ3v) is 7.20. The highest BCUT2D eigenvalue weighted by molar-refractivity contribution is 6.08. The Labute approximate surface area is 228 Å². The second-order valence-corrected chi connectivity index (χ2v) is 9.89. The van der Waals surface area contributed by atoms with Crippen molar-refractivity contribution in [2.24, 2.45) is 0 Å². The molecule has 1 amide bonds. The lowest BCUT2D eigenvalue weighted by Crippen LogP contribution is -2.41. The number of benzene rings is 4. The number of aromatic nitrogens is 3. The van der Waals surface area contributed by atoms with Crippen molar-refractivity contribution in [3.63, 3.8) is 0 Å². The molecule has 2 heterocycles. The van der Waals surface area contributed by atoms with Gasteiger partial charge >= 0.3 is 0 Å².